The molecule has 1 aromatic carbocycles. The normalized spacial score (nSPS) is 10.3. The van der Waals surface area contributed by atoms with Crippen LogP contribution >= 0.6 is 0 Å². The summed E-state index contributed by atoms with van der Waals surface area (Å²) in [7, 11) is 1.72. The number of rotatable bonds is 3. The van der Waals surface area contributed by atoms with Crippen molar-refractivity contribution in [3.63, 3.8) is 0 Å². The molecule has 0 saturated heterocycles. The number of nitrogens with two attached hydrogens (primary N) is 1. The molecule has 2 N–H and O–H groups in total. The fourth-order valence-corrected chi connectivity index (χ4v) is 1.62. The van der Waals surface area contributed by atoms with Crippen LogP contribution in [0, 0.1) is 6.92 Å². The topological polar surface area (TPSA) is 72.4 Å². The molecule has 5 heteroatoms. The maximum absolute atomic E-state index is 12.0. The van der Waals surface area contributed by atoms with Gasteiger partial charge in [-0.15, -0.1) is 0 Å². The minimum absolute atomic E-state index is 0.188. The number of anilines is 1. The van der Waals surface area contributed by atoms with Gasteiger partial charge in [0.25, 0.3) is 5.91 Å². The molecule has 18 heavy (non-hydrogen) atoms. The Morgan fingerprint density at radius 1 is 1.39 bits per heavy atom. The maximum atomic E-state index is 12.0. The zero-order chi connectivity index (χ0) is 13.1. The second-order valence-corrected chi connectivity index (χ2v) is 4.24. The van der Waals surface area contributed by atoms with Crippen molar-refractivity contribution in [1.82, 2.24) is 10.1 Å². The number of carbonyl (C=O) groups is 1. The van der Waals surface area contributed by atoms with Crippen molar-refractivity contribution in [2.24, 2.45) is 0 Å². The van der Waals surface area contributed by atoms with Crippen LogP contribution in [0.2, 0.25) is 0 Å². The van der Waals surface area contributed by atoms with E-state index >= 15 is 0 Å². The van der Waals surface area contributed by atoms with Gasteiger partial charge in [-0.1, -0.05) is 17.3 Å². The Bertz CT molecular complexity index is 546. The first-order valence-corrected chi connectivity index (χ1v) is 5.59. The molecule has 0 fully saturated rings. The number of amides is 1. The number of nitrogens with zero attached hydrogens (tertiary/aromatic N) is 2. The molecule has 1 heterocycles. The molecule has 1 amide bonds. The summed E-state index contributed by atoms with van der Waals surface area (Å²) in [6.45, 7) is 2.28. The van der Waals surface area contributed by atoms with E-state index in [0.29, 0.717) is 17.9 Å². The summed E-state index contributed by atoms with van der Waals surface area (Å²) in [6, 6.07) is 9.04. The Morgan fingerprint density at radius 2 is 2.06 bits per heavy atom. The van der Waals surface area contributed by atoms with E-state index in [4.69, 9.17) is 10.3 Å². The summed E-state index contributed by atoms with van der Waals surface area (Å²) >= 11 is 0. The van der Waals surface area contributed by atoms with Gasteiger partial charge in [-0.05, 0) is 24.6 Å². The largest absolute Gasteiger partial charge is 0.399 e. The number of aromatic nitrogens is 1. The predicted octanol–water partition coefficient (Wildman–Crippen LogP) is 1.84. The van der Waals surface area contributed by atoms with Gasteiger partial charge in [0, 0.05) is 25.3 Å². The van der Waals surface area contributed by atoms with Crippen LogP contribution in [0.5, 0.6) is 0 Å². The van der Waals surface area contributed by atoms with E-state index in [0.717, 1.165) is 5.56 Å². The number of benzene rings is 1. The highest BCUT2D eigenvalue weighted by molar-refractivity contribution is 5.91. The van der Waals surface area contributed by atoms with Crippen LogP contribution in [0.4, 0.5) is 5.69 Å². The highest BCUT2D eigenvalue weighted by Crippen LogP contribution is 2.11. The van der Waals surface area contributed by atoms with E-state index < -0.39 is 0 Å². The highest BCUT2D eigenvalue weighted by atomic mass is 16.5. The first-order valence-electron chi connectivity index (χ1n) is 5.59. The van der Waals surface area contributed by atoms with Crippen molar-refractivity contribution in [3.8, 4) is 0 Å². The fourth-order valence-electron chi connectivity index (χ4n) is 1.62. The van der Waals surface area contributed by atoms with Crippen LogP contribution in [0.25, 0.3) is 0 Å². The van der Waals surface area contributed by atoms with Crippen LogP contribution in [-0.4, -0.2) is 23.0 Å². The zero-order valence-corrected chi connectivity index (χ0v) is 10.4. The Labute approximate surface area is 105 Å². The molecule has 1 aromatic heterocycles. The van der Waals surface area contributed by atoms with Crippen molar-refractivity contribution in [1.29, 1.82) is 0 Å². The second-order valence-electron chi connectivity index (χ2n) is 4.24. The molecule has 0 spiro atoms. The van der Waals surface area contributed by atoms with Gasteiger partial charge in [-0.25, -0.2) is 0 Å². The van der Waals surface area contributed by atoms with Gasteiger partial charge in [0.2, 0.25) is 5.76 Å². The van der Waals surface area contributed by atoms with Crippen molar-refractivity contribution >= 4 is 11.6 Å². The molecule has 2 rings (SSSR count). The number of hydrogen-bond acceptors (Lipinski definition) is 4. The van der Waals surface area contributed by atoms with Crippen LogP contribution < -0.4 is 5.73 Å². The van der Waals surface area contributed by atoms with E-state index in [2.05, 4.69) is 5.16 Å². The molecule has 0 aliphatic heterocycles. The maximum Gasteiger partial charge on any atom is 0.292 e. The number of hydrogen-bond donors (Lipinski definition) is 1. The summed E-state index contributed by atoms with van der Waals surface area (Å²) in [5.41, 5.74) is 8.02. The van der Waals surface area contributed by atoms with Gasteiger partial charge >= 0.3 is 0 Å². The average molecular weight is 245 g/mol. The SMILES string of the molecule is Cc1cc(C(=O)N(C)Cc2ccc(N)cc2)on1. The summed E-state index contributed by atoms with van der Waals surface area (Å²) in [4.78, 5) is 13.6. The van der Waals surface area contributed by atoms with Gasteiger partial charge < -0.3 is 15.2 Å². The zero-order valence-electron chi connectivity index (χ0n) is 10.4. The quantitative estimate of drug-likeness (QED) is 0.837. The van der Waals surface area contributed by atoms with Crippen molar-refractivity contribution in [2.45, 2.75) is 13.5 Å². The lowest BCUT2D eigenvalue weighted by molar-refractivity contribution is 0.0743. The highest BCUT2D eigenvalue weighted by Gasteiger charge is 2.16. The average Bonchev–Trinajstić information content (AvgIpc) is 2.78. The molecule has 94 valence electrons. The lowest BCUT2D eigenvalue weighted by atomic mass is 10.2. The van der Waals surface area contributed by atoms with Gasteiger partial charge in [-0.3, -0.25) is 4.79 Å². The standard InChI is InChI=1S/C13H15N3O2/c1-9-7-12(18-15-9)13(17)16(2)8-10-3-5-11(14)6-4-10/h3-7H,8,14H2,1-2H3. The van der Waals surface area contributed by atoms with E-state index in [1.54, 1.807) is 24.9 Å². The van der Waals surface area contributed by atoms with Gasteiger partial charge in [0.15, 0.2) is 0 Å². The number of nitrogen functional groups attached to an aromatic ring is 1. The van der Waals surface area contributed by atoms with Crippen LogP contribution in [-0.2, 0) is 6.54 Å². The van der Waals surface area contributed by atoms with Crippen LogP contribution in [0.15, 0.2) is 34.9 Å². The third-order valence-electron chi connectivity index (χ3n) is 2.58. The molecule has 2 aromatic rings. The Morgan fingerprint density at radius 3 is 2.61 bits per heavy atom. The van der Waals surface area contributed by atoms with Crippen LogP contribution in [0.1, 0.15) is 21.8 Å². The van der Waals surface area contributed by atoms with E-state index in [9.17, 15) is 4.79 Å². The third kappa shape index (κ3) is 2.68. The fraction of sp³-hybridized carbons (Fsp3) is 0.231. The first kappa shape index (κ1) is 12.2. The lowest BCUT2D eigenvalue weighted by Crippen LogP contribution is -2.25. The summed E-state index contributed by atoms with van der Waals surface area (Å²) < 4.78 is 4.94. The Balaban J connectivity index is 2.05. The molecule has 0 atom stereocenters. The van der Waals surface area contributed by atoms with Crippen molar-refractivity contribution in [2.75, 3.05) is 12.8 Å². The molecule has 0 aliphatic carbocycles. The molecular formula is C13H15N3O2. The third-order valence-corrected chi connectivity index (χ3v) is 2.58. The van der Waals surface area contributed by atoms with Crippen LogP contribution in [0.3, 0.4) is 0 Å². The lowest BCUT2D eigenvalue weighted by Gasteiger charge is -2.15. The van der Waals surface area contributed by atoms with Crippen molar-refractivity contribution < 1.29 is 9.32 Å². The number of aryl methyl sites for hydroxylation is 1. The summed E-state index contributed by atoms with van der Waals surface area (Å²) in [5, 5.41) is 3.70. The van der Waals surface area contributed by atoms with Gasteiger partial charge in [0.05, 0.1) is 5.69 Å². The molecule has 0 radical (unpaired) electrons. The van der Waals surface area contributed by atoms with Gasteiger partial charge in [0.1, 0.15) is 0 Å². The first-order chi connectivity index (χ1) is 8.56. The van der Waals surface area contributed by atoms with E-state index in [-0.39, 0.29) is 11.7 Å². The van der Waals surface area contributed by atoms with E-state index in [1.807, 2.05) is 24.3 Å². The molecule has 0 saturated carbocycles. The van der Waals surface area contributed by atoms with Gasteiger partial charge in [-0.2, -0.15) is 0 Å². The Kier molecular flexibility index (Phi) is 3.32. The Hall–Kier alpha value is -2.30. The second kappa shape index (κ2) is 4.91. The smallest absolute Gasteiger partial charge is 0.292 e. The minimum Gasteiger partial charge on any atom is -0.399 e. The molecule has 5 nitrogen and oxygen atoms in total. The molecule has 0 unspecified atom stereocenters. The summed E-state index contributed by atoms with van der Waals surface area (Å²) in [6.07, 6.45) is 0. The van der Waals surface area contributed by atoms with E-state index in [1.165, 1.54) is 0 Å². The molecule has 0 bridgehead atoms. The van der Waals surface area contributed by atoms with Crippen molar-refractivity contribution in [3.05, 3.63) is 47.3 Å². The minimum atomic E-state index is -0.188. The molecular weight excluding hydrogens is 230 g/mol. The monoisotopic (exact) mass is 245 g/mol. The summed E-state index contributed by atoms with van der Waals surface area (Å²) in [5.74, 6) is 0.0675. The predicted molar refractivity (Wildman–Crippen MR) is 67.9 cm³/mol. The molecule has 0 aliphatic rings. The number of carbonyl (C=O) groups excluding carboxylic acids is 1.